The van der Waals surface area contributed by atoms with Gasteiger partial charge in [0.25, 0.3) is 0 Å². The zero-order valence-electron chi connectivity index (χ0n) is 18.3. The molecule has 0 amide bonds. The van der Waals surface area contributed by atoms with Crippen molar-refractivity contribution in [1.29, 1.82) is 0 Å². The molecular weight excluding hydrogens is 400 g/mol. The number of esters is 1. The van der Waals surface area contributed by atoms with Crippen LogP contribution in [0.4, 0.5) is 0 Å². The highest BCUT2D eigenvalue weighted by molar-refractivity contribution is 6.21. The van der Waals surface area contributed by atoms with E-state index in [2.05, 4.69) is 23.8 Å². The molecule has 1 aliphatic carbocycles. The van der Waals surface area contributed by atoms with Crippen molar-refractivity contribution in [2.45, 2.75) is 88.2 Å². The molecule has 1 saturated carbocycles. The number of methoxy groups -OCH3 is 1. The van der Waals surface area contributed by atoms with Crippen molar-refractivity contribution in [1.82, 2.24) is 0 Å². The van der Waals surface area contributed by atoms with Crippen molar-refractivity contribution in [2.24, 2.45) is 5.92 Å². The Balaban J connectivity index is 2.00. The van der Waals surface area contributed by atoms with E-state index in [1.807, 2.05) is 24.3 Å². The Labute approximate surface area is 186 Å². The van der Waals surface area contributed by atoms with Crippen LogP contribution < -0.4 is 0 Å². The van der Waals surface area contributed by atoms with Crippen LogP contribution in [0, 0.1) is 5.92 Å². The van der Waals surface area contributed by atoms with Crippen LogP contribution >= 0.6 is 11.6 Å². The minimum Gasteiger partial charge on any atom is -0.469 e. The second-order valence-electron chi connectivity index (χ2n) is 8.37. The Kier molecular flexibility index (Phi) is 10.9. The van der Waals surface area contributed by atoms with Crippen molar-refractivity contribution < 1.29 is 19.7 Å². The van der Waals surface area contributed by atoms with E-state index in [-0.39, 0.29) is 23.2 Å². The number of ether oxygens (including phenoxy) is 1. The Morgan fingerprint density at radius 1 is 1.30 bits per heavy atom. The van der Waals surface area contributed by atoms with E-state index in [0.717, 1.165) is 56.1 Å². The molecule has 30 heavy (non-hydrogen) atoms. The third-order valence-electron chi connectivity index (χ3n) is 6.12. The van der Waals surface area contributed by atoms with Gasteiger partial charge in [-0.25, -0.2) is 0 Å². The average molecular weight is 437 g/mol. The molecule has 1 fully saturated rings. The lowest BCUT2D eigenvalue weighted by Gasteiger charge is -2.24. The van der Waals surface area contributed by atoms with E-state index in [4.69, 9.17) is 11.6 Å². The summed E-state index contributed by atoms with van der Waals surface area (Å²) in [6.07, 6.45) is 10.7. The monoisotopic (exact) mass is 436 g/mol. The predicted molar refractivity (Wildman–Crippen MR) is 122 cm³/mol. The lowest BCUT2D eigenvalue weighted by molar-refractivity contribution is -0.140. The largest absolute Gasteiger partial charge is 0.469 e. The minimum atomic E-state index is -0.474. The summed E-state index contributed by atoms with van der Waals surface area (Å²) in [5.41, 5.74) is 1.98. The number of hydrogen-bond acceptors (Lipinski definition) is 4. The molecule has 5 heteroatoms. The van der Waals surface area contributed by atoms with Crippen LogP contribution in [0.25, 0.3) is 0 Å². The van der Waals surface area contributed by atoms with Gasteiger partial charge in [-0.05, 0) is 49.1 Å². The maximum atomic E-state index is 11.2. The van der Waals surface area contributed by atoms with Crippen LogP contribution in [0.2, 0.25) is 0 Å². The summed E-state index contributed by atoms with van der Waals surface area (Å²) in [7, 11) is 1.41. The van der Waals surface area contributed by atoms with Crippen LogP contribution in [0.1, 0.15) is 87.9 Å². The molecule has 1 aromatic carbocycles. The number of alkyl halides is 1. The highest BCUT2D eigenvalue weighted by Gasteiger charge is 2.41. The normalized spacial score (nSPS) is 25.0. The molecule has 1 unspecified atom stereocenters. The summed E-state index contributed by atoms with van der Waals surface area (Å²) in [5, 5.41) is 21.2. The number of halogens is 1. The molecule has 0 saturated heterocycles. The number of allylic oxidation sites excluding steroid dienone is 2. The van der Waals surface area contributed by atoms with Crippen molar-refractivity contribution in [3.05, 3.63) is 47.5 Å². The van der Waals surface area contributed by atoms with Gasteiger partial charge in [0, 0.05) is 17.7 Å². The van der Waals surface area contributed by atoms with E-state index < -0.39 is 12.2 Å². The number of hydrogen-bond donors (Lipinski definition) is 2. The predicted octanol–water partition coefficient (Wildman–Crippen LogP) is 5.66. The van der Waals surface area contributed by atoms with Crippen LogP contribution in [-0.4, -0.2) is 34.8 Å². The molecule has 1 aromatic rings. The summed E-state index contributed by atoms with van der Waals surface area (Å²) >= 11 is 6.60. The molecular formula is C25H37ClO4. The Bertz CT molecular complexity index is 675. The molecule has 2 N–H and O–H groups in total. The van der Waals surface area contributed by atoms with Crippen molar-refractivity contribution in [2.75, 3.05) is 7.11 Å². The molecule has 0 bridgehead atoms. The first kappa shape index (κ1) is 24.9. The number of carbonyl (C=O) groups is 1. The van der Waals surface area contributed by atoms with Gasteiger partial charge in [0.2, 0.25) is 0 Å². The first-order valence-corrected chi connectivity index (χ1v) is 11.7. The number of aliphatic hydroxyl groups excluding tert-OH is 2. The van der Waals surface area contributed by atoms with Gasteiger partial charge in [-0.3, -0.25) is 4.79 Å². The number of benzene rings is 1. The van der Waals surface area contributed by atoms with Crippen LogP contribution in [0.15, 0.2) is 36.4 Å². The molecule has 1 aliphatic rings. The van der Waals surface area contributed by atoms with Gasteiger partial charge in [-0.2, -0.15) is 0 Å². The van der Waals surface area contributed by atoms with Crippen LogP contribution in [0.5, 0.6) is 0 Å². The van der Waals surface area contributed by atoms with Gasteiger partial charge in [-0.15, -0.1) is 11.6 Å². The quantitative estimate of drug-likeness (QED) is 0.192. The lowest BCUT2D eigenvalue weighted by atomic mass is 9.84. The summed E-state index contributed by atoms with van der Waals surface area (Å²) in [5.74, 6) is -0.0685. The standard InChI is InChI=1S/C25H37ClO4/c1-3-4-7-14-22(27)18-11-10-12-19(16-18)25-20(21(26)17-23(25)28)13-8-5-6-9-15-24(29)30-2/h5,8,10-12,16,20-23,25,27-28H,3-4,6-7,9,13-15,17H2,1-2H3/b8-5-/t20-,21-,22?,23+,25+/m0/s1. The van der Waals surface area contributed by atoms with Gasteiger partial charge in [-0.1, -0.05) is 62.6 Å². The smallest absolute Gasteiger partial charge is 0.305 e. The summed E-state index contributed by atoms with van der Waals surface area (Å²) in [4.78, 5) is 11.2. The van der Waals surface area contributed by atoms with Gasteiger partial charge in [0.05, 0.1) is 19.3 Å². The Hall–Kier alpha value is -1.36. The van der Waals surface area contributed by atoms with Gasteiger partial charge < -0.3 is 14.9 Å². The highest BCUT2D eigenvalue weighted by Crippen LogP contribution is 2.45. The van der Waals surface area contributed by atoms with Crippen LogP contribution in [-0.2, 0) is 9.53 Å². The molecule has 168 valence electrons. The zero-order valence-corrected chi connectivity index (χ0v) is 19.1. The molecule has 0 heterocycles. The highest BCUT2D eigenvalue weighted by atomic mass is 35.5. The minimum absolute atomic E-state index is 0.0324. The third kappa shape index (κ3) is 7.40. The van der Waals surface area contributed by atoms with E-state index in [1.54, 1.807) is 0 Å². The van der Waals surface area contributed by atoms with Gasteiger partial charge in [0.1, 0.15) is 0 Å². The number of rotatable bonds is 12. The Morgan fingerprint density at radius 3 is 2.83 bits per heavy atom. The fraction of sp³-hybridized carbons (Fsp3) is 0.640. The van der Waals surface area contributed by atoms with Crippen molar-refractivity contribution in [3.8, 4) is 0 Å². The van der Waals surface area contributed by atoms with E-state index >= 15 is 0 Å². The van der Waals surface area contributed by atoms with Crippen molar-refractivity contribution in [3.63, 3.8) is 0 Å². The number of aliphatic hydroxyl groups is 2. The summed E-state index contributed by atoms with van der Waals surface area (Å²) in [6.45, 7) is 2.16. The topological polar surface area (TPSA) is 66.8 Å². The first-order valence-electron chi connectivity index (χ1n) is 11.3. The molecule has 0 radical (unpaired) electrons. The van der Waals surface area contributed by atoms with Gasteiger partial charge in [0.15, 0.2) is 0 Å². The SMILES string of the molecule is CCCCCC(O)c1cccc([C@@H]2[C@@H](C/C=C\CCCC(=O)OC)[C@@H](Cl)C[C@H]2O)c1. The molecule has 2 rings (SSSR count). The average Bonchev–Trinajstić information content (AvgIpc) is 3.03. The first-order chi connectivity index (χ1) is 14.5. The molecule has 5 atom stereocenters. The van der Waals surface area contributed by atoms with E-state index in [9.17, 15) is 15.0 Å². The maximum absolute atomic E-state index is 11.2. The maximum Gasteiger partial charge on any atom is 0.305 e. The Morgan fingerprint density at radius 2 is 2.10 bits per heavy atom. The second kappa shape index (κ2) is 13.1. The molecule has 0 spiro atoms. The van der Waals surface area contributed by atoms with Gasteiger partial charge >= 0.3 is 5.97 Å². The molecule has 4 nitrogen and oxygen atoms in total. The van der Waals surface area contributed by atoms with E-state index in [0.29, 0.717) is 12.8 Å². The number of unbranched alkanes of at least 4 members (excludes halogenated alkanes) is 3. The molecule has 0 aromatic heterocycles. The van der Waals surface area contributed by atoms with Crippen LogP contribution in [0.3, 0.4) is 0 Å². The fourth-order valence-corrected chi connectivity index (χ4v) is 4.83. The summed E-state index contributed by atoms with van der Waals surface area (Å²) in [6, 6.07) is 8.03. The lowest BCUT2D eigenvalue weighted by Crippen LogP contribution is -2.18. The number of carbonyl (C=O) groups excluding carboxylic acids is 1. The third-order valence-corrected chi connectivity index (χ3v) is 6.62. The summed E-state index contributed by atoms with van der Waals surface area (Å²) < 4.78 is 4.65. The molecule has 0 aliphatic heterocycles. The second-order valence-corrected chi connectivity index (χ2v) is 8.93. The van der Waals surface area contributed by atoms with E-state index in [1.165, 1.54) is 7.11 Å². The zero-order chi connectivity index (χ0) is 21.9. The van der Waals surface area contributed by atoms with Crippen molar-refractivity contribution >= 4 is 17.6 Å². The fourth-order valence-electron chi connectivity index (χ4n) is 4.39.